The second-order valence-corrected chi connectivity index (χ2v) is 3.86. The summed E-state index contributed by atoms with van der Waals surface area (Å²) in [5, 5.41) is 0. The lowest BCUT2D eigenvalue weighted by atomic mass is 10.1. The Morgan fingerprint density at radius 1 is 1.56 bits per heavy atom. The van der Waals surface area contributed by atoms with Gasteiger partial charge in [0.15, 0.2) is 0 Å². The van der Waals surface area contributed by atoms with Gasteiger partial charge >= 0.3 is 0 Å². The Balaban J connectivity index is 2.76. The van der Waals surface area contributed by atoms with Gasteiger partial charge in [-0.3, -0.25) is 0 Å². The molecule has 0 saturated carbocycles. The van der Waals surface area contributed by atoms with Gasteiger partial charge in [0.25, 0.3) is 0 Å². The van der Waals surface area contributed by atoms with E-state index in [1.165, 1.54) is 12.1 Å². The van der Waals surface area contributed by atoms with Gasteiger partial charge < -0.3 is 10.5 Å². The van der Waals surface area contributed by atoms with Crippen molar-refractivity contribution in [1.29, 1.82) is 0 Å². The van der Waals surface area contributed by atoms with Crippen LogP contribution in [0.1, 0.15) is 18.9 Å². The Morgan fingerprint density at radius 2 is 2.31 bits per heavy atom. The molecule has 1 unspecified atom stereocenters. The molecule has 2 nitrogen and oxygen atoms in total. The van der Waals surface area contributed by atoms with E-state index >= 15 is 0 Å². The smallest absolute Gasteiger partial charge is 0.123 e. The van der Waals surface area contributed by atoms with E-state index in [1.54, 1.807) is 12.1 Å². The van der Waals surface area contributed by atoms with E-state index in [0.717, 1.165) is 12.0 Å². The number of benzene rings is 1. The van der Waals surface area contributed by atoms with Crippen LogP contribution in [0.3, 0.4) is 0 Å². The number of rotatable bonds is 6. The van der Waals surface area contributed by atoms with Gasteiger partial charge in [0, 0.05) is 6.04 Å². The first-order valence-electron chi connectivity index (χ1n) is 5.41. The van der Waals surface area contributed by atoms with Crippen molar-refractivity contribution in [2.24, 2.45) is 5.73 Å². The van der Waals surface area contributed by atoms with E-state index < -0.39 is 0 Å². The number of ether oxygens (including phenoxy) is 1. The fourth-order valence-corrected chi connectivity index (χ4v) is 1.45. The molecule has 16 heavy (non-hydrogen) atoms. The van der Waals surface area contributed by atoms with Gasteiger partial charge in [-0.1, -0.05) is 6.08 Å². The van der Waals surface area contributed by atoms with Crippen molar-refractivity contribution < 1.29 is 9.13 Å². The minimum Gasteiger partial charge on any atom is -0.493 e. The first kappa shape index (κ1) is 12.7. The molecule has 3 heteroatoms. The minimum absolute atomic E-state index is 0.0106. The maximum Gasteiger partial charge on any atom is 0.123 e. The second kappa shape index (κ2) is 6.28. The highest BCUT2D eigenvalue weighted by molar-refractivity contribution is 5.34. The summed E-state index contributed by atoms with van der Waals surface area (Å²) in [5.74, 6) is 0.451. The molecule has 0 saturated heterocycles. The van der Waals surface area contributed by atoms with E-state index in [1.807, 2.05) is 6.92 Å². The summed E-state index contributed by atoms with van der Waals surface area (Å²) in [5.41, 5.74) is 6.52. The Morgan fingerprint density at radius 3 is 2.94 bits per heavy atom. The molecule has 0 aliphatic carbocycles. The van der Waals surface area contributed by atoms with Crippen molar-refractivity contribution in [2.45, 2.75) is 25.8 Å². The van der Waals surface area contributed by atoms with Crippen LogP contribution in [0, 0.1) is 5.82 Å². The highest BCUT2D eigenvalue weighted by Crippen LogP contribution is 2.21. The van der Waals surface area contributed by atoms with Crippen molar-refractivity contribution in [1.82, 2.24) is 0 Å². The van der Waals surface area contributed by atoms with Crippen LogP contribution in [-0.2, 0) is 6.42 Å². The predicted octanol–water partition coefficient (Wildman–Crippen LogP) is 2.67. The Bertz CT molecular complexity index is 350. The normalized spacial score (nSPS) is 12.2. The lowest BCUT2D eigenvalue weighted by Gasteiger charge is -2.12. The summed E-state index contributed by atoms with van der Waals surface area (Å²) < 4.78 is 18.6. The van der Waals surface area contributed by atoms with Crippen LogP contribution < -0.4 is 10.5 Å². The summed E-state index contributed by atoms with van der Waals surface area (Å²) in [6, 6.07) is 4.51. The fraction of sp³-hybridized carbons (Fsp3) is 0.385. The van der Waals surface area contributed by atoms with E-state index in [4.69, 9.17) is 10.5 Å². The van der Waals surface area contributed by atoms with Gasteiger partial charge in [0.05, 0.1) is 6.61 Å². The molecule has 88 valence electrons. The standard InChI is InChI=1S/C13H18FNO/c1-3-4-7-16-13-6-5-12(14)9-11(13)8-10(2)15/h3,5-6,9-10H,1,4,7-8,15H2,2H3. The van der Waals surface area contributed by atoms with Gasteiger partial charge in [-0.25, -0.2) is 4.39 Å². The maximum atomic E-state index is 13.1. The minimum atomic E-state index is -0.258. The van der Waals surface area contributed by atoms with E-state index in [0.29, 0.717) is 18.8 Å². The van der Waals surface area contributed by atoms with Crippen molar-refractivity contribution in [2.75, 3.05) is 6.61 Å². The molecule has 2 N–H and O–H groups in total. The average Bonchev–Trinajstić information content (AvgIpc) is 2.20. The molecule has 0 aromatic heterocycles. The monoisotopic (exact) mass is 223 g/mol. The molecule has 0 bridgehead atoms. The van der Waals surface area contributed by atoms with Gasteiger partial charge in [0.2, 0.25) is 0 Å². The first-order chi connectivity index (χ1) is 7.63. The molecular weight excluding hydrogens is 205 g/mol. The maximum absolute atomic E-state index is 13.1. The van der Waals surface area contributed by atoms with Crippen LogP contribution in [0.4, 0.5) is 4.39 Å². The summed E-state index contributed by atoms with van der Waals surface area (Å²) in [4.78, 5) is 0. The molecule has 0 fully saturated rings. The van der Waals surface area contributed by atoms with E-state index in [-0.39, 0.29) is 11.9 Å². The molecule has 1 aromatic carbocycles. The molecule has 0 radical (unpaired) electrons. The Kier molecular flexibility index (Phi) is 4.99. The Hall–Kier alpha value is -1.35. The molecule has 0 aliphatic rings. The van der Waals surface area contributed by atoms with Crippen LogP contribution in [0.2, 0.25) is 0 Å². The average molecular weight is 223 g/mol. The number of nitrogens with two attached hydrogens (primary N) is 1. The van der Waals surface area contributed by atoms with Crippen molar-refractivity contribution in [3.8, 4) is 5.75 Å². The van der Waals surface area contributed by atoms with Crippen LogP contribution in [0.15, 0.2) is 30.9 Å². The summed E-state index contributed by atoms with van der Waals surface area (Å²) in [7, 11) is 0. The van der Waals surface area contributed by atoms with Crippen molar-refractivity contribution >= 4 is 0 Å². The Labute approximate surface area is 95.9 Å². The molecule has 0 spiro atoms. The molecule has 1 rings (SSSR count). The zero-order valence-corrected chi connectivity index (χ0v) is 9.58. The lowest BCUT2D eigenvalue weighted by molar-refractivity contribution is 0.320. The third kappa shape index (κ3) is 4.03. The molecule has 0 aliphatic heterocycles. The topological polar surface area (TPSA) is 35.2 Å². The van der Waals surface area contributed by atoms with Gasteiger partial charge in [0.1, 0.15) is 11.6 Å². The van der Waals surface area contributed by atoms with Gasteiger partial charge in [-0.2, -0.15) is 0 Å². The highest BCUT2D eigenvalue weighted by Gasteiger charge is 2.07. The molecule has 1 atom stereocenters. The van der Waals surface area contributed by atoms with Crippen molar-refractivity contribution in [3.63, 3.8) is 0 Å². The van der Waals surface area contributed by atoms with Crippen LogP contribution in [-0.4, -0.2) is 12.6 Å². The van der Waals surface area contributed by atoms with Crippen molar-refractivity contribution in [3.05, 3.63) is 42.2 Å². The SMILES string of the molecule is C=CCCOc1ccc(F)cc1CC(C)N. The molecule has 0 amide bonds. The zero-order chi connectivity index (χ0) is 12.0. The third-order valence-corrected chi connectivity index (χ3v) is 2.14. The number of hydrogen-bond acceptors (Lipinski definition) is 2. The van der Waals surface area contributed by atoms with Crippen LogP contribution >= 0.6 is 0 Å². The zero-order valence-electron chi connectivity index (χ0n) is 9.58. The van der Waals surface area contributed by atoms with E-state index in [9.17, 15) is 4.39 Å². The predicted molar refractivity (Wildman–Crippen MR) is 64.1 cm³/mol. The first-order valence-corrected chi connectivity index (χ1v) is 5.41. The highest BCUT2D eigenvalue weighted by atomic mass is 19.1. The number of hydrogen-bond donors (Lipinski definition) is 1. The largest absolute Gasteiger partial charge is 0.493 e. The summed E-state index contributed by atoms with van der Waals surface area (Å²) in [6.45, 7) is 6.06. The third-order valence-electron chi connectivity index (χ3n) is 2.14. The van der Waals surface area contributed by atoms with E-state index in [2.05, 4.69) is 6.58 Å². The fourth-order valence-electron chi connectivity index (χ4n) is 1.45. The summed E-state index contributed by atoms with van der Waals surface area (Å²) >= 11 is 0. The molecular formula is C13H18FNO. The quantitative estimate of drug-likeness (QED) is 0.594. The van der Waals surface area contributed by atoms with Crippen LogP contribution in [0.5, 0.6) is 5.75 Å². The van der Waals surface area contributed by atoms with Gasteiger partial charge in [-0.05, 0) is 43.5 Å². The second-order valence-electron chi connectivity index (χ2n) is 3.86. The lowest BCUT2D eigenvalue weighted by Crippen LogP contribution is -2.18. The van der Waals surface area contributed by atoms with Crippen LogP contribution in [0.25, 0.3) is 0 Å². The molecule has 1 aromatic rings. The summed E-state index contributed by atoms with van der Waals surface area (Å²) in [6.07, 6.45) is 3.17. The number of halogens is 1. The molecule has 0 heterocycles. The van der Waals surface area contributed by atoms with Gasteiger partial charge in [-0.15, -0.1) is 6.58 Å².